The number of hydrogen-bond acceptors (Lipinski definition) is 3. The van der Waals surface area contributed by atoms with E-state index in [1.54, 1.807) is 18.3 Å². The molecule has 0 aliphatic carbocycles. The van der Waals surface area contributed by atoms with Gasteiger partial charge in [-0.1, -0.05) is 12.1 Å². The zero-order chi connectivity index (χ0) is 18.0. The van der Waals surface area contributed by atoms with Gasteiger partial charge < -0.3 is 8.98 Å². The lowest BCUT2D eigenvalue weighted by molar-refractivity contribution is 0.0927. The molecule has 0 atom stereocenters. The van der Waals surface area contributed by atoms with E-state index in [4.69, 9.17) is 4.42 Å². The predicted molar refractivity (Wildman–Crippen MR) is 98.5 cm³/mol. The Morgan fingerprint density at radius 1 is 1.16 bits per heavy atom. The first-order chi connectivity index (χ1) is 12.0. The Morgan fingerprint density at radius 3 is 2.68 bits per heavy atom. The normalized spacial score (nSPS) is 11.2. The highest BCUT2D eigenvalue weighted by Crippen LogP contribution is 2.24. The smallest absolute Gasteiger partial charge is 0.307 e. The molecule has 0 unspecified atom stereocenters. The molecule has 0 aliphatic heterocycles. The van der Waals surface area contributed by atoms with Crippen molar-refractivity contribution in [3.05, 3.63) is 76.5 Å². The van der Waals surface area contributed by atoms with Crippen LogP contribution in [0.25, 0.3) is 5.69 Å². The monoisotopic (exact) mass is 335 g/mol. The lowest BCUT2D eigenvalue weighted by Crippen LogP contribution is -2.16. The number of carbonyl (C=O) groups excluding carboxylic acids is 1. The maximum Gasteiger partial charge on any atom is 0.307 e. The van der Waals surface area contributed by atoms with E-state index in [1.165, 1.54) is 17.4 Å². The number of aromatic nitrogens is 1. The summed E-state index contributed by atoms with van der Waals surface area (Å²) in [7, 11) is 0. The molecule has 0 aliphatic rings. The zero-order valence-corrected chi connectivity index (χ0v) is 14.8. The molecule has 0 radical (unpaired) electrons. The van der Waals surface area contributed by atoms with Crippen LogP contribution in [0.5, 0.6) is 0 Å². The molecule has 0 spiro atoms. The van der Waals surface area contributed by atoms with Gasteiger partial charge in [0.1, 0.15) is 0 Å². The van der Waals surface area contributed by atoms with Crippen molar-refractivity contribution >= 4 is 12.1 Å². The quantitative estimate of drug-likeness (QED) is 0.577. The molecule has 0 saturated heterocycles. The van der Waals surface area contributed by atoms with Crippen molar-refractivity contribution in [1.29, 1.82) is 0 Å². The minimum absolute atomic E-state index is 0.234. The highest BCUT2D eigenvalue weighted by Gasteiger charge is 2.12. The van der Waals surface area contributed by atoms with Crippen molar-refractivity contribution in [3.8, 4) is 5.69 Å². The molecule has 25 heavy (non-hydrogen) atoms. The van der Waals surface area contributed by atoms with Crippen LogP contribution in [0.2, 0.25) is 0 Å². The van der Waals surface area contributed by atoms with Crippen molar-refractivity contribution in [2.45, 2.75) is 27.7 Å². The van der Waals surface area contributed by atoms with Crippen LogP contribution >= 0.6 is 0 Å². The summed E-state index contributed by atoms with van der Waals surface area (Å²) < 4.78 is 7.24. The molecule has 0 saturated carbocycles. The Morgan fingerprint density at radius 2 is 1.96 bits per heavy atom. The van der Waals surface area contributed by atoms with E-state index >= 15 is 0 Å². The molecule has 0 fully saturated rings. The number of benzene rings is 1. The predicted octanol–water partition coefficient (Wildman–Crippen LogP) is 4.07. The largest absolute Gasteiger partial charge is 0.459 e. The van der Waals surface area contributed by atoms with Crippen molar-refractivity contribution in [2.24, 2.45) is 5.10 Å². The topological polar surface area (TPSA) is 59.5 Å². The number of hydrazone groups is 1. The zero-order valence-electron chi connectivity index (χ0n) is 14.8. The van der Waals surface area contributed by atoms with Crippen molar-refractivity contribution < 1.29 is 9.21 Å². The summed E-state index contributed by atoms with van der Waals surface area (Å²) in [4.78, 5) is 11.8. The number of carbonyl (C=O) groups is 1. The van der Waals surface area contributed by atoms with Gasteiger partial charge in [0, 0.05) is 22.6 Å². The van der Waals surface area contributed by atoms with Gasteiger partial charge in [0.05, 0.1) is 12.5 Å². The van der Waals surface area contributed by atoms with E-state index in [0.717, 1.165) is 22.6 Å². The third-order valence-electron chi connectivity index (χ3n) is 4.40. The van der Waals surface area contributed by atoms with Gasteiger partial charge in [-0.05, 0) is 63.1 Å². The lowest BCUT2D eigenvalue weighted by atomic mass is 10.1. The molecular formula is C20H21N3O2. The van der Waals surface area contributed by atoms with E-state index in [0.29, 0.717) is 0 Å². The van der Waals surface area contributed by atoms with Gasteiger partial charge in [0.25, 0.3) is 0 Å². The number of amides is 1. The molecule has 5 heteroatoms. The van der Waals surface area contributed by atoms with Crippen LogP contribution in [0.3, 0.4) is 0 Å². The van der Waals surface area contributed by atoms with Gasteiger partial charge >= 0.3 is 5.91 Å². The van der Waals surface area contributed by atoms with E-state index < -0.39 is 0 Å². The first kappa shape index (κ1) is 16.8. The first-order valence-electron chi connectivity index (χ1n) is 8.11. The summed E-state index contributed by atoms with van der Waals surface area (Å²) in [5.74, 6) is -0.136. The number of aryl methyl sites for hydroxylation is 2. The molecule has 3 aromatic rings. The molecule has 1 aromatic carbocycles. The SMILES string of the molecule is Cc1cccc(-n2c(C)cc(/C=N\NC(=O)c3ccco3)c2C)c1C. The van der Waals surface area contributed by atoms with E-state index in [9.17, 15) is 4.79 Å². The van der Waals surface area contributed by atoms with E-state index in [-0.39, 0.29) is 11.7 Å². The number of rotatable bonds is 4. The van der Waals surface area contributed by atoms with Gasteiger partial charge in [-0.15, -0.1) is 0 Å². The average molecular weight is 335 g/mol. The van der Waals surface area contributed by atoms with Gasteiger partial charge in [-0.25, -0.2) is 5.43 Å². The highest BCUT2D eigenvalue weighted by molar-refractivity contribution is 5.92. The molecule has 3 rings (SSSR count). The summed E-state index contributed by atoms with van der Waals surface area (Å²) in [6, 6.07) is 11.6. The summed E-state index contributed by atoms with van der Waals surface area (Å²) in [5, 5.41) is 4.05. The summed E-state index contributed by atoms with van der Waals surface area (Å²) >= 11 is 0. The molecule has 2 heterocycles. The van der Waals surface area contributed by atoms with Crippen LogP contribution in [0.15, 0.2) is 52.2 Å². The molecule has 1 N–H and O–H groups in total. The van der Waals surface area contributed by atoms with E-state index in [2.05, 4.69) is 60.1 Å². The van der Waals surface area contributed by atoms with Crippen LogP contribution in [0.1, 0.15) is 38.6 Å². The first-order valence-corrected chi connectivity index (χ1v) is 8.11. The van der Waals surface area contributed by atoms with Gasteiger partial charge in [-0.2, -0.15) is 5.10 Å². The Kier molecular flexibility index (Phi) is 4.57. The molecule has 5 nitrogen and oxygen atoms in total. The Hall–Kier alpha value is -3.08. The maximum absolute atomic E-state index is 11.8. The molecule has 0 bridgehead atoms. The summed E-state index contributed by atoms with van der Waals surface area (Å²) in [6.07, 6.45) is 3.11. The number of nitrogens with zero attached hydrogens (tertiary/aromatic N) is 2. The minimum Gasteiger partial charge on any atom is -0.459 e. The van der Waals surface area contributed by atoms with Crippen molar-refractivity contribution in [1.82, 2.24) is 9.99 Å². The fourth-order valence-electron chi connectivity index (χ4n) is 2.89. The van der Waals surface area contributed by atoms with Crippen molar-refractivity contribution in [3.63, 3.8) is 0 Å². The standard InChI is InChI=1S/C20H21N3O2/c1-13-7-5-8-18(15(13)3)23-14(2)11-17(16(23)4)12-21-22-20(24)19-9-6-10-25-19/h5-12H,1-4H3,(H,22,24)/b21-12-. The molecular weight excluding hydrogens is 314 g/mol. The van der Waals surface area contributed by atoms with Crippen LogP contribution < -0.4 is 5.43 Å². The van der Waals surface area contributed by atoms with Crippen LogP contribution in [-0.2, 0) is 0 Å². The number of nitrogens with one attached hydrogen (secondary N) is 1. The third-order valence-corrected chi connectivity index (χ3v) is 4.40. The van der Waals surface area contributed by atoms with Crippen LogP contribution in [0, 0.1) is 27.7 Å². The Labute approximate surface area is 147 Å². The number of hydrogen-bond donors (Lipinski definition) is 1. The van der Waals surface area contributed by atoms with Gasteiger partial charge in [0.15, 0.2) is 5.76 Å². The van der Waals surface area contributed by atoms with Crippen molar-refractivity contribution in [2.75, 3.05) is 0 Å². The number of furan rings is 1. The average Bonchev–Trinajstić information content (AvgIpc) is 3.20. The third kappa shape index (κ3) is 3.26. The second-order valence-electron chi connectivity index (χ2n) is 6.06. The van der Waals surface area contributed by atoms with Crippen LogP contribution in [0.4, 0.5) is 0 Å². The summed E-state index contributed by atoms with van der Waals surface area (Å²) in [6.45, 7) is 8.35. The van der Waals surface area contributed by atoms with Gasteiger partial charge in [-0.3, -0.25) is 4.79 Å². The lowest BCUT2D eigenvalue weighted by Gasteiger charge is -2.14. The molecule has 128 valence electrons. The Balaban J connectivity index is 1.86. The second kappa shape index (κ2) is 6.81. The van der Waals surface area contributed by atoms with Crippen LogP contribution in [-0.4, -0.2) is 16.7 Å². The highest BCUT2D eigenvalue weighted by atomic mass is 16.3. The van der Waals surface area contributed by atoms with Gasteiger partial charge in [0.2, 0.25) is 0 Å². The fourth-order valence-corrected chi connectivity index (χ4v) is 2.89. The minimum atomic E-state index is -0.371. The molecule has 2 aromatic heterocycles. The molecule has 1 amide bonds. The fraction of sp³-hybridized carbons (Fsp3) is 0.200. The maximum atomic E-state index is 11.8. The van der Waals surface area contributed by atoms with E-state index in [1.807, 2.05) is 6.92 Å². The second-order valence-corrected chi connectivity index (χ2v) is 6.06. The Bertz CT molecular complexity index is 934. The summed E-state index contributed by atoms with van der Waals surface area (Å²) in [5.41, 5.74) is 9.29.